The van der Waals surface area contributed by atoms with Gasteiger partial charge in [0.25, 0.3) is 11.8 Å². The van der Waals surface area contributed by atoms with E-state index in [0.717, 1.165) is 35.1 Å². The normalized spacial score (nSPS) is 17.2. The Labute approximate surface area is 248 Å². The van der Waals surface area contributed by atoms with Crippen LogP contribution in [0, 0.1) is 0 Å². The van der Waals surface area contributed by atoms with E-state index in [4.69, 9.17) is 27.1 Å². The van der Waals surface area contributed by atoms with Crippen molar-refractivity contribution in [2.75, 3.05) is 40.8 Å². The molecule has 6 rings (SSSR count). The van der Waals surface area contributed by atoms with E-state index in [1.807, 2.05) is 44.4 Å². The van der Waals surface area contributed by atoms with Gasteiger partial charge in [-0.3, -0.25) is 9.59 Å². The van der Waals surface area contributed by atoms with Crippen molar-refractivity contribution in [1.29, 1.82) is 0 Å². The first-order valence-electron chi connectivity index (χ1n) is 13.9. The highest BCUT2D eigenvalue weighted by atomic mass is 35.5. The number of benzene rings is 2. The molecular formula is C30H33ClN8O3. The lowest BCUT2D eigenvalue weighted by Gasteiger charge is -2.39. The molecule has 1 atom stereocenters. The van der Waals surface area contributed by atoms with Gasteiger partial charge in [0.05, 0.1) is 48.3 Å². The van der Waals surface area contributed by atoms with Crippen molar-refractivity contribution in [3.63, 3.8) is 0 Å². The van der Waals surface area contributed by atoms with Gasteiger partial charge in [0, 0.05) is 41.7 Å². The van der Waals surface area contributed by atoms with Crippen molar-refractivity contribution in [1.82, 2.24) is 34.7 Å². The molecule has 1 aliphatic carbocycles. The second-order valence-corrected chi connectivity index (χ2v) is 11.5. The van der Waals surface area contributed by atoms with Crippen LogP contribution in [0.3, 0.4) is 0 Å². The molecule has 1 saturated carbocycles. The fraction of sp³-hybridized carbons (Fsp3) is 0.367. The summed E-state index contributed by atoms with van der Waals surface area (Å²) in [5.41, 5.74) is 10.4. The maximum atomic E-state index is 13.5. The first-order valence-corrected chi connectivity index (χ1v) is 14.3. The molecule has 0 spiro atoms. The van der Waals surface area contributed by atoms with Crippen LogP contribution < -0.4 is 10.5 Å². The molecule has 2 fully saturated rings. The minimum atomic E-state index is -0.660. The molecule has 11 nitrogen and oxygen atoms in total. The van der Waals surface area contributed by atoms with Gasteiger partial charge in [-0.15, -0.1) is 5.10 Å². The van der Waals surface area contributed by atoms with Crippen molar-refractivity contribution in [2.24, 2.45) is 5.73 Å². The summed E-state index contributed by atoms with van der Waals surface area (Å²) in [5.74, 6) is 0.350. The number of aromatic nitrogens is 4. The van der Waals surface area contributed by atoms with E-state index < -0.39 is 6.17 Å². The number of carbonyl (C=O) groups is 2. The van der Waals surface area contributed by atoms with E-state index in [-0.39, 0.29) is 24.1 Å². The number of rotatable bonds is 7. The van der Waals surface area contributed by atoms with E-state index >= 15 is 0 Å². The molecule has 2 aliphatic rings. The molecule has 2 aromatic carbocycles. The predicted octanol–water partition coefficient (Wildman–Crippen LogP) is 3.43. The van der Waals surface area contributed by atoms with E-state index in [1.165, 1.54) is 0 Å². The summed E-state index contributed by atoms with van der Waals surface area (Å²) in [7, 11) is 5.66. The Kier molecular flexibility index (Phi) is 7.56. The second-order valence-electron chi connectivity index (χ2n) is 11.1. The van der Waals surface area contributed by atoms with Gasteiger partial charge in [0.15, 0.2) is 5.69 Å². The molecular weight excluding hydrogens is 556 g/mol. The Morgan fingerprint density at radius 2 is 1.90 bits per heavy atom. The fourth-order valence-electron chi connectivity index (χ4n) is 5.34. The number of nitrogens with two attached hydrogens (primary N) is 1. The van der Waals surface area contributed by atoms with Crippen molar-refractivity contribution in [3.8, 4) is 17.0 Å². The van der Waals surface area contributed by atoms with Crippen LogP contribution in [-0.4, -0.2) is 93.5 Å². The third-order valence-electron chi connectivity index (χ3n) is 7.69. The summed E-state index contributed by atoms with van der Waals surface area (Å²) < 4.78 is 7.28. The molecule has 218 valence electrons. The van der Waals surface area contributed by atoms with Crippen molar-refractivity contribution < 1.29 is 14.3 Å². The monoisotopic (exact) mass is 588 g/mol. The molecule has 1 saturated heterocycles. The third kappa shape index (κ3) is 5.55. The molecule has 4 aromatic rings. The van der Waals surface area contributed by atoms with Gasteiger partial charge in [-0.2, -0.15) is 0 Å². The van der Waals surface area contributed by atoms with Crippen LogP contribution in [0.2, 0.25) is 5.02 Å². The summed E-state index contributed by atoms with van der Waals surface area (Å²) in [6, 6.07) is 13.4. The zero-order chi connectivity index (χ0) is 29.5. The highest BCUT2D eigenvalue weighted by Crippen LogP contribution is 2.34. The van der Waals surface area contributed by atoms with Gasteiger partial charge in [-0.1, -0.05) is 22.9 Å². The number of nitrogens with zero attached hydrogens (tertiary/aromatic N) is 7. The topological polar surface area (TPSA) is 123 Å². The zero-order valence-corrected chi connectivity index (χ0v) is 24.6. The molecule has 0 unspecified atom stereocenters. The predicted molar refractivity (Wildman–Crippen MR) is 159 cm³/mol. The second kappa shape index (κ2) is 11.3. The molecule has 3 heterocycles. The van der Waals surface area contributed by atoms with Gasteiger partial charge in [0.1, 0.15) is 5.75 Å². The summed E-state index contributed by atoms with van der Waals surface area (Å²) in [4.78, 5) is 36.7. The fourth-order valence-corrected chi connectivity index (χ4v) is 5.60. The minimum Gasteiger partial charge on any atom is -0.496 e. The van der Waals surface area contributed by atoms with Crippen molar-refractivity contribution in [2.45, 2.75) is 31.6 Å². The SMILES string of the molecule is COc1ccc(-c2cc(Cl)c3ccc(C(=O)N4CCN(C(=O)c5cn(C6CC6)nn5)[C@H](N)C4)cc3n2)cc1CN(C)C. The van der Waals surface area contributed by atoms with E-state index in [9.17, 15) is 9.59 Å². The summed E-state index contributed by atoms with van der Waals surface area (Å²) in [6.07, 6.45) is 3.12. The van der Waals surface area contributed by atoms with Crippen LogP contribution in [0.1, 0.15) is 45.3 Å². The van der Waals surface area contributed by atoms with Crippen LogP contribution >= 0.6 is 11.6 Å². The number of hydrogen-bond donors (Lipinski definition) is 1. The zero-order valence-electron chi connectivity index (χ0n) is 23.8. The Bertz CT molecular complexity index is 1670. The molecule has 2 N–H and O–H groups in total. The van der Waals surface area contributed by atoms with E-state index in [2.05, 4.69) is 15.2 Å². The van der Waals surface area contributed by atoms with Crippen LogP contribution in [0.25, 0.3) is 22.2 Å². The van der Waals surface area contributed by atoms with Crippen LogP contribution in [-0.2, 0) is 6.54 Å². The number of piperazine rings is 1. The quantitative estimate of drug-likeness (QED) is 0.348. The number of halogens is 1. The maximum absolute atomic E-state index is 13.5. The average Bonchev–Trinajstić information content (AvgIpc) is 3.71. The van der Waals surface area contributed by atoms with Gasteiger partial charge in [-0.05, 0) is 63.3 Å². The van der Waals surface area contributed by atoms with Crippen molar-refractivity contribution >= 4 is 34.3 Å². The van der Waals surface area contributed by atoms with Gasteiger partial charge in [-0.25, -0.2) is 9.67 Å². The lowest BCUT2D eigenvalue weighted by molar-refractivity contribution is 0.0392. The lowest BCUT2D eigenvalue weighted by Crippen LogP contribution is -2.60. The van der Waals surface area contributed by atoms with Crippen molar-refractivity contribution in [3.05, 3.63) is 70.5 Å². The minimum absolute atomic E-state index is 0.180. The van der Waals surface area contributed by atoms with Crippen LogP contribution in [0.5, 0.6) is 5.75 Å². The number of amides is 2. The third-order valence-corrected chi connectivity index (χ3v) is 8.00. The Balaban J connectivity index is 1.21. The van der Waals surface area contributed by atoms with E-state index in [1.54, 1.807) is 39.9 Å². The summed E-state index contributed by atoms with van der Waals surface area (Å²) in [6.45, 7) is 1.56. The van der Waals surface area contributed by atoms with Gasteiger partial charge < -0.3 is 25.2 Å². The number of ether oxygens (including phenoxy) is 1. The number of carbonyl (C=O) groups excluding carboxylic acids is 2. The Morgan fingerprint density at radius 3 is 2.62 bits per heavy atom. The molecule has 2 aromatic heterocycles. The Hall–Kier alpha value is -4.06. The van der Waals surface area contributed by atoms with Gasteiger partial charge in [0.2, 0.25) is 0 Å². The highest BCUT2D eigenvalue weighted by molar-refractivity contribution is 6.35. The largest absolute Gasteiger partial charge is 0.496 e. The maximum Gasteiger partial charge on any atom is 0.277 e. The van der Waals surface area contributed by atoms with Crippen LogP contribution in [0.15, 0.2) is 48.7 Å². The molecule has 2 amide bonds. The highest BCUT2D eigenvalue weighted by Gasteiger charge is 2.33. The van der Waals surface area contributed by atoms with Gasteiger partial charge >= 0.3 is 0 Å². The molecule has 42 heavy (non-hydrogen) atoms. The number of fused-ring (bicyclic) bond motifs is 1. The smallest absolute Gasteiger partial charge is 0.277 e. The van der Waals surface area contributed by atoms with E-state index in [0.29, 0.717) is 47.5 Å². The summed E-state index contributed by atoms with van der Waals surface area (Å²) >= 11 is 6.68. The molecule has 12 heteroatoms. The molecule has 1 aliphatic heterocycles. The number of pyridine rings is 1. The lowest BCUT2D eigenvalue weighted by atomic mass is 10.0. The first kappa shape index (κ1) is 28.1. The average molecular weight is 589 g/mol. The first-order chi connectivity index (χ1) is 20.2. The number of methoxy groups -OCH3 is 1. The molecule has 0 radical (unpaired) electrons. The summed E-state index contributed by atoms with van der Waals surface area (Å²) in [5, 5.41) is 9.41. The molecule has 0 bridgehead atoms. The standard InChI is InChI=1S/C30H33ClN8O3/c1-36(2)15-20-12-18(5-9-27(20)42-3)24-14-23(31)22-8-4-19(13-25(22)33-24)29(40)37-10-11-38(28(32)17-37)30(41)26-16-39(35-34-26)21-6-7-21/h4-5,8-9,12-14,16,21,28H,6-7,10-11,15,17,32H2,1-3H3/t28-/m0/s1. The Morgan fingerprint density at radius 1 is 1.10 bits per heavy atom. The van der Waals surface area contributed by atoms with Crippen LogP contribution in [0.4, 0.5) is 0 Å². The number of hydrogen-bond acceptors (Lipinski definition) is 8.